The van der Waals surface area contributed by atoms with Gasteiger partial charge in [0, 0.05) is 12.2 Å². The van der Waals surface area contributed by atoms with Crippen molar-refractivity contribution in [3.05, 3.63) is 54.1 Å². The Morgan fingerprint density at radius 3 is 2.42 bits per heavy atom. The molecule has 0 aliphatic carbocycles. The first kappa shape index (κ1) is 15.9. The van der Waals surface area contributed by atoms with Crippen molar-refractivity contribution >= 4 is 11.6 Å². The monoisotopic (exact) mass is 324 g/mol. The van der Waals surface area contributed by atoms with Gasteiger partial charge in [-0.2, -0.15) is 20.1 Å². The lowest BCUT2D eigenvalue weighted by Crippen LogP contribution is -2.17. The third-order valence-corrected chi connectivity index (χ3v) is 3.70. The summed E-state index contributed by atoms with van der Waals surface area (Å²) in [6.07, 6.45) is 3.24. The summed E-state index contributed by atoms with van der Waals surface area (Å²) in [6.45, 7) is 6.75. The molecule has 0 saturated heterocycles. The highest BCUT2D eigenvalue weighted by molar-refractivity contribution is 6.03. The summed E-state index contributed by atoms with van der Waals surface area (Å²) in [4.78, 5) is 14.1. The van der Waals surface area contributed by atoms with E-state index < -0.39 is 0 Å². The molecule has 2 aromatic heterocycles. The number of rotatable bonds is 5. The van der Waals surface area contributed by atoms with Gasteiger partial charge in [0.1, 0.15) is 5.69 Å². The molecule has 0 spiro atoms. The van der Waals surface area contributed by atoms with Crippen LogP contribution in [0.2, 0.25) is 0 Å². The van der Waals surface area contributed by atoms with Gasteiger partial charge in [-0.15, -0.1) is 0 Å². The first-order chi connectivity index (χ1) is 11.6. The Morgan fingerprint density at radius 1 is 1.17 bits per heavy atom. The molecule has 3 rings (SSSR count). The Labute approximate surface area is 140 Å². The van der Waals surface area contributed by atoms with Crippen molar-refractivity contribution in [1.29, 1.82) is 0 Å². The van der Waals surface area contributed by atoms with Crippen LogP contribution in [-0.4, -0.2) is 30.7 Å². The smallest absolute Gasteiger partial charge is 0.273 e. The Kier molecular flexibility index (Phi) is 4.41. The van der Waals surface area contributed by atoms with Crippen LogP contribution in [0.25, 0.3) is 5.69 Å². The molecule has 124 valence electrons. The number of hydrogen-bond donors (Lipinski definition) is 1. The van der Waals surface area contributed by atoms with Gasteiger partial charge >= 0.3 is 0 Å². The van der Waals surface area contributed by atoms with Crippen LogP contribution in [0.1, 0.15) is 42.9 Å². The number of anilines is 1. The van der Waals surface area contributed by atoms with Crippen LogP contribution in [0.4, 0.5) is 5.69 Å². The highest BCUT2D eigenvalue weighted by Crippen LogP contribution is 2.17. The minimum atomic E-state index is -0.166. The fraction of sp³-hybridized carbons (Fsp3) is 0.294. The van der Waals surface area contributed by atoms with Gasteiger partial charge in [0.25, 0.3) is 5.91 Å². The zero-order chi connectivity index (χ0) is 17.1. The largest absolute Gasteiger partial charge is 0.321 e. The summed E-state index contributed by atoms with van der Waals surface area (Å²) in [6, 6.07) is 9.21. The molecule has 0 aliphatic heterocycles. The number of nitrogens with one attached hydrogen (secondary N) is 1. The van der Waals surface area contributed by atoms with Crippen molar-refractivity contribution in [3.63, 3.8) is 0 Å². The quantitative estimate of drug-likeness (QED) is 0.783. The van der Waals surface area contributed by atoms with E-state index in [0.717, 1.165) is 11.4 Å². The minimum Gasteiger partial charge on any atom is -0.321 e. The number of carbonyl (C=O) groups is 1. The molecule has 0 bridgehead atoms. The van der Waals surface area contributed by atoms with Crippen LogP contribution < -0.4 is 5.32 Å². The van der Waals surface area contributed by atoms with Gasteiger partial charge in [0.05, 0.1) is 23.8 Å². The zero-order valence-electron chi connectivity index (χ0n) is 14.0. The molecule has 0 saturated carbocycles. The molecule has 24 heavy (non-hydrogen) atoms. The lowest BCUT2D eigenvalue weighted by molar-refractivity contribution is 0.101. The molecule has 0 fully saturated rings. The predicted molar refractivity (Wildman–Crippen MR) is 91.3 cm³/mol. The molecule has 7 nitrogen and oxygen atoms in total. The predicted octanol–water partition coefficient (Wildman–Crippen LogP) is 2.86. The number of amides is 1. The van der Waals surface area contributed by atoms with Gasteiger partial charge in [-0.05, 0) is 43.2 Å². The summed E-state index contributed by atoms with van der Waals surface area (Å²) in [5.74, 6) is 0.117. The Balaban J connectivity index is 1.77. The molecule has 7 heteroatoms. The lowest BCUT2D eigenvalue weighted by atomic mass is 10.1. The maximum absolute atomic E-state index is 12.5. The molecule has 0 atom stereocenters. The molecule has 0 aliphatic rings. The second kappa shape index (κ2) is 6.66. The van der Waals surface area contributed by atoms with Crippen LogP contribution in [0.15, 0.2) is 42.7 Å². The van der Waals surface area contributed by atoms with E-state index in [-0.39, 0.29) is 11.8 Å². The normalized spacial score (nSPS) is 11.0. The molecular formula is C17H20N6O. The molecule has 0 unspecified atom stereocenters. The standard InChI is InChI=1S/C17H20N6O/c1-4-22-16(11-15(21-22)12(2)3)17(24)20-13-5-7-14(8-6-13)23-18-9-10-19-23/h5-12H,4H2,1-3H3,(H,20,24). The Morgan fingerprint density at radius 2 is 1.83 bits per heavy atom. The van der Waals surface area contributed by atoms with E-state index in [2.05, 4.69) is 34.5 Å². The Bertz CT molecular complexity index is 817. The maximum Gasteiger partial charge on any atom is 0.273 e. The summed E-state index contributed by atoms with van der Waals surface area (Å²) in [5.41, 5.74) is 3.03. The van der Waals surface area contributed by atoms with Crippen LogP contribution in [-0.2, 0) is 6.54 Å². The number of benzene rings is 1. The third kappa shape index (κ3) is 3.19. The highest BCUT2D eigenvalue weighted by atomic mass is 16.2. The average molecular weight is 324 g/mol. The number of carbonyl (C=O) groups excluding carboxylic acids is 1. The summed E-state index contributed by atoms with van der Waals surface area (Å²) in [5, 5.41) is 15.5. The average Bonchev–Trinajstić information content (AvgIpc) is 3.25. The summed E-state index contributed by atoms with van der Waals surface area (Å²) in [7, 11) is 0. The minimum absolute atomic E-state index is 0.166. The molecule has 1 N–H and O–H groups in total. The summed E-state index contributed by atoms with van der Waals surface area (Å²) >= 11 is 0. The van der Waals surface area contributed by atoms with Gasteiger partial charge in [-0.1, -0.05) is 13.8 Å². The van der Waals surface area contributed by atoms with Gasteiger partial charge in [-0.3, -0.25) is 9.48 Å². The number of nitrogens with zero attached hydrogens (tertiary/aromatic N) is 5. The van der Waals surface area contributed by atoms with Crippen molar-refractivity contribution in [2.24, 2.45) is 0 Å². The van der Waals surface area contributed by atoms with Crippen molar-refractivity contribution < 1.29 is 4.79 Å². The van der Waals surface area contributed by atoms with Crippen molar-refractivity contribution in [3.8, 4) is 5.69 Å². The van der Waals surface area contributed by atoms with E-state index in [1.54, 1.807) is 17.1 Å². The molecule has 1 amide bonds. The van der Waals surface area contributed by atoms with E-state index in [0.29, 0.717) is 17.9 Å². The fourth-order valence-electron chi connectivity index (χ4n) is 2.36. The number of hydrogen-bond acceptors (Lipinski definition) is 4. The van der Waals surface area contributed by atoms with Crippen LogP contribution >= 0.6 is 0 Å². The fourth-order valence-corrected chi connectivity index (χ4v) is 2.36. The Hall–Kier alpha value is -2.96. The summed E-state index contributed by atoms with van der Waals surface area (Å²) < 4.78 is 1.73. The van der Waals surface area contributed by atoms with E-state index in [1.165, 1.54) is 4.80 Å². The molecule has 0 radical (unpaired) electrons. The highest BCUT2D eigenvalue weighted by Gasteiger charge is 2.16. The van der Waals surface area contributed by atoms with E-state index in [9.17, 15) is 4.79 Å². The second-order valence-corrected chi connectivity index (χ2v) is 5.74. The van der Waals surface area contributed by atoms with Crippen LogP contribution in [0.3, 0.4) is 0 Å². The van der Waals surface area contributed by atoms with Gasteiger partial charge < -0.3 is 5.32 Å². The van der Waals surface area contributed by atoms with Crippen molar-refractivity contribution in [2.45, 2.75) is 33.2 Å². The first-order valence-corrected chi connectivity index (χ1v) is 7.94. The second-order valence-electron chi connectivity index (χ2n) is 5.74. The van der Waals surface area contributed by atoms with Crippen LogP contribution in [0, 0.1) is 0 Å². The van der Waals surface area contributed by atoms with E-state index in [1.807, 2.05) is 37.3 Å². The van der Waals surface area contributed by atoms with Gasteiger partial charge in [0.2, 0.25) is 0 Å². The van der Waals surface area contributed by atoms with Crippen molar-refractivity contribution in [2.75, 3.05) is 5.32 Å². The zero-order valence-corrected chi connectivity index (χ0v) is 14.0. The topological polar surface area (TPSA) is 77.6 Å². The van der Waals surface area contributed by atoms with Gasteiger partial charge in [-0.25, -0.2) is 0 Å². The van der Waals surface area contributed by atoms with E-state index >= 15 is 0 Å². The molecule has 2 heterocycles. The molecule has 1 aromatic carbocycles. The number of aromatic nitrogens is 5. The SMILES string of the molecule is CCn1nc(C(C)C)cc1C(=O)Nc1ccc(-n2nccn2)cc1. The van der Waals surface area contributed by atoms with Gasteiger partial charge in [0.15, 0.2) is 0 Å². The molecular weight excluding hydrogens is 304 g/mol. The number of aryl methyl sites for hydroxylation is 1. The van der Waals surface area contributed by atoms with E-state index in [4.69, 9.17) is 0 Å². The first-order valence-electron chi connectivity index (χ1n) is 7.94. The van der Waals surface area contributed by atoms with Crippen LogP contribution in [0.5, 0.6) is 0 Å². The third-order valence-electron chi connectivity index (χ3n) is 3.70. The maximum atomic E-state index is 12.5. The lowest BCUT2D eigenvalue weighted by Gasteiger charge is -2.07. The molecule has 3 aromatic rings. The van der Waals surface area contributed by atoms with Crippen molar-refractivity contribution in [1.82, 2.24) is 24.8 Å².